The number of carbonyl (C=O) groups excluding carboxylic acids is 1. The Bertz CT molecular complexity index is 831. The number of benzene rings is 2. The van der Waals surface area contributed by atoms with Crippen molar-refractivity contribution in [1.82, 2.24) is 9.80 Å². The van der Waals surface area contributed by atoms with Gasteiger partial charge in [0.2, 0.25) is 0 Å². The molecule has 8 heteroatoms. The highest BCUT2D eigenvalue weighted by Gasteiger charge is 2.28. The second kappa shape index (κ2) is 8.60. The van der Waals surface area contributed by atoms with Gasteiger partial charge in [-0.1, -0.05) is 18.2 Å². The number of amides is 1. The third kappa shape index (κ3) is 4.91. The van der Waals surface area contributed by atoms with E-state index in [4.69, 9.17) is 4.55 Å². The van der Waals surface area contributed by atoms with E-state index >= 15 is 0 Å². The van der Waals surface area contributed by atoms with Gasteiger partial charge in [-0.3, -0.25) is 19.0 Å². The molecule has 2 atom stereocenters. The van der Waals surface area contributed by atoms with Crippen LogP contribution in [0.4, 0.5) is 10.1 Å². The van der Waals surface area contributed by atoms with Crippen molar-refractivity contribution in [1.29, 1.82) is 0 Å². The normalized spacial score (nSPS) is 18.9. The number of hydrogen-bond acceptors (Lipinski definition) is 3. The van der Waals surface area contributed by atoms with Crippen LogP contribution in [0.2, 0.25) is 0 Å². The highest BCUT2D eigenvalue weighted by atomic mass is 32.2. The molecule has 3 rings (SSSR count). The molecular formula is C19H22FN3O3S. The van der Waals surface area contributed by atoms with Crippen LogP contribution in [-0.4, -0.2) is 50.1 Å². The van der Waals surface area contributed by atoms with Crippen LogP contribution >= 0.6 is 0 Å². The summed E-state index contributed by atoms with van der Waals surface area (Å²) in [5.74, 6) is -0.286. The summed E-state index contributed by atoms with van der Waals surface area (Å²) in [7, 11) is 0. The zero-order valence-electron chi connectivity index (χ0n) is 15.0. The van der Waals surface area contributed by atoms with E-state index in [9.17, 15) is 13.4 Å². The predicted molar refractivity (Wildman–Crippen MR) is 103 cm³/mol. The molecule has 1 aliphatic rings. The number of anilines is 1. The lowest BCUT2D eigenvalue weighted by Gasteiger charge is -2.40. The Morgan fingerprint density at radius 3 is 2.56 bits per heavy atom. The zero-order chi connectivity index (χ0) is 19.4. The standard InChI is InChI=1S/C19H22FN3O3S/c1-14-12-22(13-16-4-2-3-5-18(16)20)10-11-23(14)19(24)15-6-8-17(9-7-15)21-27(25)26/h2-9,14,21H,10-13H2,1H3,(H,25,26). The van der Waals surface area contributed by atoms with Gasteiger partial charge in [0.25, 0.3) is 17.2 Å². The van der Waals surface area contributed by atoms with E-state index in [1.165, 1.54) is 6.07 Å². The van der Waals surface area contributed by atoms with Crippen LogP contribution in [0.15, 0.2) is 48.5 Å². The topological polar surface area (TPSA) is 72.9 Å². The summed E-state index contributed by atoms with van der Waals surface area (Å²) in [6.07, 6.45) is 0. The van der Waals surface area contributed by atoms with Gasteiger partial charge in [0, 0.05) is 49.0 Å². The van der Waals surface area contributed by atoms with E-state index in [-0.39, 0.29) is 17.8 Å². The third-order valence-electron chi connectivity index (χ3n) is 4.66. The summed E-state index contributed by atoms with van der Waals surface area (Å²) < 4.78 is 35.8. The molecule has 0 spiro atoms. The lowest BCUT2D eigenvalue weighted by Crippen LogP contribution is -2.53. The van der Waals surface area contributed by atoms with E-state index < -0.39 is 11.3 Å². The first-order chi connectivity index (χ1) is 12.9. The Kier molecular flexibility index (Phi) is 6.20. The van der Waals surface area contributed by atoms with E-state index in [2.05, 4.69) is 9.62 Å². The van der Waals surface area contributed by atoms with Crippen molar-refractivity contribution in [2.45, 2.75) is 19.5 Å². The molecule has 0 saturated carbocycles. The summed E-state index contributed by atoms with van der Waals surface area (Å²) in [4.78, 5) is 16.7. The maximum Gasteiger partial charge on any atom is 0.259 e. The average Bonchev–Trinajstić information content (AvgIpc) is 2.63. The summed E-state index contributed by atoms with van der Waals surface area (Å²) in [5, 5.41) is 0. The molecule has 2 unspecified atom stereocenters. The molecule has 1 heterocycles. The molecule has 0 aliphatic carbocycles. The van der Waals surface area contributed by atoms with Gasteiger partial charge in [-0.15, -0.1) is 0 Å². The first-order valence-electron chi connectivity index (χ1n) is 8.68. The Morgan fingerprint density at radius 1 is 1.22 bits per heavy atom. The quantitative estimate of drug-likeness (QED) is 0.769. The molecule has 2 aromatic rings. The minimum absolute atomic E-state index is 0.000713. The van der Waals surface area contributed by atoms with Gasteiger partial charge in [-0.2, -0.15) is 0 Å². The first kappa shape index (κ1) is 19.5. The molecule has 2 N–H and O–H groups in total. The third-order valence-corrected chi connectivity index (χ3v) is 5.07. The molecule has 0 bridgehead atoms. The van der Waals surface area contributed by atoms with Gasteiger partial charge in [0.05, 0.1) is 0 Å². The molecule has 144 valence electrons. The highest BCUT2D eigenvalue weighted by Crippen LogP contribution is 2.18. The number of hydrogen-bond donors (Lipinski definition) is 2. The van der Waals surface area contributed by atoms with Gasteiger partial charge in [-0.25, -0.2) is 8.60 Å². The Labute approximate surface area is 160 Å². The van der Waals surface area contributed by atoms with Gasteiger partial charge < -0.3 is 4.90 Å². The lowest BCUT2D eigenvalue weighted by molar-refractivity contribution is 0.0473. The van der Waals surface area contributed by atoms with Crippen LogP contribution in [-0.2, 0) is 17.8 Å². The van der Waals surface area contributed by atoms with Crippen molar-refractivity contribution in [2.75, 3.05) is 24.4 Å². The second-order valence-corrected chi connectivity index (χ2v) is 7.31. The van der Waals surface area contributed by atoms with Crippen molar-refractivity contribution in [3.63, 3.8) is 0 Å². The van der Waals surface area contributed by atoms with Gasteiger partial charge in [0.15, 0.2) is 0 Å². The predicted octanol–water partition coefficient (Wildman–Crippen LogP) is 2.72. The van der Waals surface area contributed by atoms with Crippen molar-refractivity contribution < 1.29 is 17.9 Å². The molecular weight excluding hydrogens is 369 g/mol. The number of piperazine rings is 1. The molecule has 2 aromatic carbocycles. The smallest absolute Gasteiger partial charge is 0.259 e. The highest BCUT2D eigenvalue weighted by molar-refractivity contribution is 7.80. The van der Waals surface area contributed by atoms with Crippen molar-refractivity contribution >= 4 is 22.9 Å². The fraction of sp³-hybridized carbons (Fsp3) is 0.316. The maximum atomic E-state index is 13.8. The fourth-order valence-corrected chi connectivity index (χ4v) is 3.63. The molecule has 1 fully saturated rings. The van der Waals surface area contributed by atoms with Gasteiger partial charge >= 0.3 is 0 Å². The summed E-state index contributed by atoms with van der Waals surface area (Å²) in [6, 6.07) is 13.2. The number of rotatable bonds is 5. The molecule has 1 saturated heterocycles. The number of carbonyl (C=O) groups is 1. The molecule has 1 aliphatic heterocycles. The SMILES string of the molecule is CC1CN(Cc2ccccc2F)CCN1C(=O)c1ccc(NS(=O)O)cc1. The maximum absolute atomic E-state index is 13.8. The monoisotopic (exact) mass is 391 g/mol. The number of nitrogens with one attached hydrogen (secondary N) is 1. The van der Waals surface area contributed by atoms with Gasteiger partial charge in [-0.05, 0) is 37.3 Å². The second-order valence-electron chi connectivity index (χ2n) is 6.60. The van der Waals surface area contributed by atoms with Crippen LogP contribution in [0.1, 0.15) is 22.8 Å². The van der Waals surface area contributed by atoms with Crippen LogP contribution in [0.5, 0.6) is 0 Å². The summed E-state index contributed by atoms with van der Waals surface area (Å²) in [5.41, 5.74) is 1.66. The summed E-state index contributed by atoms with van der Waals surface area (Å²) >= 11 is -2.14. The van der Waals surface area contributed by atoms with E-state index in [1.54, 1.807) is 36.4 Å². The van der Waals surface area contributed by atoms with E-state index in [1.807, 2.05) is 17.9 Å². The van der Waals surface area contributed by atoms with Crippen LogP contribution in [0.3, 0.4) is 0 Å². The molecule has 6 nitrogen and oxygen atoms in total. The molecule has 1 amide bonds. The average molecular weight is 391 g/mol. The van der Waals surface area contributed by atoms with Crippen molar-refractivity contribution in [2.24, 2.45) is 0 Å². The van der Waals surface area contributed by atoms with Crippen molar-refractivity contribution in [3.8, 4) is 0 Å². The minimum Gasteiger partial charge on any atom is -0.333 e. The van der Waals surface area contributed by atoms with Crippen LogP contribution < -0.4 is 4.72 Å². The summed E-state index contributed by atoms with van der Waals surface area (Å²) in [6.45, 7) is 4.42. The largest absolute Gasteiger partial charge is 0.333 e. The Balaban J connectivity index is 1.61. The number of nitrogens with zero attached hydrogens (tertiary/aromatic N) is 2. The Hall–Kier alpha value is -2.29. The van der Waals surface area contributed by atoms with E-state index in [0.717, 1.165) is 0 Å². The molecule has 0 radical (unpaired) electrons. The van der Waals surface area contributed by atoms with Crippen molar-refractivity contribution in [3.05, 3.63) is 65.5 Å². The fourth-order valence-electron chi connectivity index (χ4n) is 3.29. The van der Waals surface area contributed by atoms with E-state index in [0.29, 0.717) is 43.0 Å². The van der Waals surface area contributed by atoms with Gasteiger partial charge in [0.1, 0.15) is 5.82 Å². The molecule has 27 heavy (non-hydrogen) atoms. The van der Waals surface area contributed by atoms with Crippen LogP contribution in [0, 0.1) is 5.82 Å². The zero-order valence-corrected chi connectivity index (χ0v) is 15.8. The first-order valence-corrected chi connectivity index (χ1v) is 9.79. The lowest BCUT2D eigenvalue weighted by atomic mass is 10.1. The van der Waals surface area contributed by atoms with Crippen LogP contribution in [0.25, 0.3) is 0 Å². The Morgan fingerprint density at radius 2 is 1.93 bits per heavy atom. The minimum atomic E-state index is -2.14. The number of halogens is 1. The molecule has 0 aromatic heterocycles.